The highest BCUT2D eigenvalue weighted by atomic mass is 16.2. The highest BCUT2D eigenvalue weighted by Gasteiger charge is 2.35. The summed E-state index contributed by atoms with van der Waals surface area (Å²) in [6.07, 6.45) is 0.460. The van der Waals surface area contributed by atoms with Gasteiger partial charge in [0, 0.05) is 31.9 Å². The Morgan fingerprint density at radius 1 is 1.30 bits per heavy atom. The molecule has 0 spiro atoms. The van der Waals surface area contributed by atoms with Crippen molar-refractivity contribution in [3.8, 4) is 0 Å². The maximum atomic E-state index is 12.9. The zero-order chi connectivity index (χ0) is 16.6. The van der Waals surface area contributed by atoms with Crippen molar-refractivity contribution >= 4 is 22.7 Å². The average Bonchev–Trinajstić information content (AvgIpc) is 3.08. The van der Waals surface area contributed by atoms with Crippen molar-refractivity contribution in [2.45, 2.75) is 26.3 Å². The quantitative estimate of drug-likeness (QED) is 0.935. The monoisotopic (exact) mass is 314 g/mol. The third-order valence-electron chi connectivity index (χ3n) is 4.53. The van der Waals surface area contributed by atoms with E-state index in [2.05, 4.69) is 17.3 Å². The second-order valence-electron chi connectivity index (χ2n) is 6.20. The molecule has 2 atom stereocenters. The fraction of sp³-hybridized carbons (Fsp3) is 0.471. The number of aromatic nitrogens is 2. The van der Waals surface area contributed by atoms with Gasteiger partial charge in [-0.25, -0.2) is 0 Å². The van der Waals surface area contributed by atoms with Crippen LogP contribution >= 0.6 is 0 Å². The van der Waals surface area contributed by atoms with Crippen LogP contribution in [0.2, 0.25) is 0 Å². The summed E-state index contributed by atoms with van der Waals surface area (Å²) in [5.41, 5.74) is 1.43. The minimum Gasteiger partial charge on any atom is -0.351 e. The van der Waals surface area contributed by atoms with Crippen molar-refractivity contribution < 1.29 is 9.59 Å². The summed E-state index contributed by atoms with van der Waals surface area (Å²) in [4.78, 5) is 26.3. The third-order valence-corrected chi connectivity index (χ3v) is 4.53. The number of carbonyl (C=O) groups excluding carboxylic acids is 2. The molecule has 1 aliphatic heterocycles. The fourth-order valence-corrected chi connectivity index (χ4v) is 3.15. The summed E-state index contributed by atoms with van der Waals surface area (Å²) in [6, 6.07) is 7.74. The Bertz CT molecular complexity index is 752. The molecule has 3 rings (SSSR count). The molecule has 2 amide bonds. The standard InChI is InChI=1S/C17H22N4O2/c1-4-15(22)18-13-10-21(9-11(13)2)17(23)16-12-7-5-6-8-14(12)20(3)19-16/h5-8,11,13H,4,9-10H2,1-3H3,(H,18,22)/t11-,13+/m0/s1. The van der Waals surface area contributed by atoms with E-state index in [0.29, 0.717) is 25.2 Å². The minimum absolute atomic E-state index is 0.0152. The van der Waals surface area contributed by atoms with E-state index < -0.39 is 0 Å². The van der Waals surface area contributed by atoms with Crippen LogP contribution in [0.4, 0.5) is 0 Å². The summed E-state index contributed by atoms with van der Waals surface area (Å²) < 4.78 is 1.73. The summed E-state index contributed by atoms with van der Waals surface area (Å²) in [7, 11) is 1.84. The molecule has 1 N–H and O–H groups in total. The molecule has 0 bridgehead atoms. The maximum Gasteiger partial charge on any atom is 0.275 e. The number of hydrogen-bond acceptors (Lipinski definition) is 3. The van der Waals surface area contributed by atoms with Gasteiger partial charge in [-0.1, -0.05) is 32.0 Å². The van der Waals surface area contributed by atoms with Gasteiger partial charge in [0.25, 0.3) is 5.91 Å². The predicted molar refractivity (Wildman–Crippen MR) is 88.0 cm³/mol. The van der Waals surface area contributed by atoms with Crippen molar-refractivity contribution in [2.75, 3.05) is 13.1 Å². The molecule has 1 fully saturated rings. The lowest BCUT2D eigenvalue weighted by molar-refractivity contribution is -0.121. The van der Waals surface area contributed by atoms with E-state index in [1.807, 2.05) is 38.2 Å². The summed E-state index contributed by atoms with van der Waals surface area (Å²) in [5.74, 6) is 0.200. The number of fused-ring (bicyclic) bond motifs is 1. The van der Waals surface area contributed by atoms with E-state index in [4.69, 9.17) is 0 Å². The molecule has 23 heavy (non-hydrogen) atoms. The predicted octanol–water partition coefficient (Wildman–Crippen LogP) is 1.56. The van der Waals surface area contributed by atoms with E-state index >= 15 is 0 Å². The molecule has 0 radical (unpaired) electrons. The lowest BCUT2D eigenvalue weighted by Gasteiger charge is -2.16. The van der Waals surface area contributed by atoms with Crippen molar-refractivity contribution in [2.24, 2.45) is 13.0 Å². The number of rotatable bonds is 3. The smallest absolute Gasteiger partial charge is 0.275 e. The van der Waals surface area contributed by atoms with Gasteiger partial charge in [0.15, 0.2) is 5.69 Å². The fourth-order valence-electron chi connectivity index (χ4n) is 3.15. The normalized spacial score (nSPS) is 20.9. The zero-order valence-corrected chi connectivity index (χ0v) is 13.7. The van der Waals surface area contributed by atoms with Crippen molar-refractivity contribution in [1.29, 1.82) is 0 Å². The number of nitrogens with zero attached hydrogens (tertiary/aromatic N) is 3. The average molecular weight is 314 g/mol. The van der Waals surface area contributed by atoms with Crippen LogP contribution in [0, 0.1) is 5.92 Å². The van der Waals surface area contributed by atoms with Crippen LogP contribution in [0.25, 0.3) is 10.9 Å². The van der Waals surface area contributed by atoms with Gasteiger partial charge < -0.3 is 10.2 Å². The second-order valence-corrected chi connectivity index (χ2v) is 6.20. The SMILES string of the molecule is CCC(=O)N[C@@H]1CN(C(=O)c2nn(C)c3ccccc23)C[C@@H]1C. The van der Waals surface area contributed by atoms with E-state index in [9.17, 15) is 9.59 Å². The number of hydrogen-bond donors (Lipinski definition) is 1. The molecule has 6 heteroatoms. The Balaban J connectivity index is 1.82. The van der Waals surface area contributed by atoms with Crippen molar-refractivity contribution in [1.82, 2.24) is 20.0 Å². The van der Waals surface area contributed by atoms with Gasteiger partial charge in [-0.3, -0.25) is 14.3 Å². The molecule has 0 unspecified atom stereocenters. The number of aryl methyl sites for hydroxylation is 1. The number of nitrogens with one attached hydrogen (secondary N) is 1. The van der Waals surface area contributed by atoms with Crippen molar-refractivity contribution in [3.05, 3.63) is 30.0 Å². The van der Waals surface area contributed by atoms with Crippen molar-refractivity contribution in [3.63, 3.8) is 0 Å². The Morgan fingerprint density at radius 2 is 2.04 bits per heavy atom. The van der Waals surface area contributed by atoms with E-state index in [0.717, 1.165) is 10.9 Å². The van der Waals surface area contributed by atoms with Gasteiger partial charge >= 0.3 is 0 Å². The Morgan fingerprint density at radius 3 is 2.78 bits per heavy atom. The molecule has 0 saturated carbocycles. The molecule has 6 nitrogen and oxygen atoms in total. The zero-order valence-electron chi connectivity index (χ0n) is 13.7. The van der Waals surface area contributed by atoms with Crippen LogP contribution in [-0.2, 0) is 11.8 Å². The molecule has 122 valence electrons. The topological polar surface area (TPSA) is 67.2 Å². The molecule has 2 aromatic rings. The molecule has 0 aliphatic carbocycles. The number of likely N-dealkylation sites (tertiary alicyclic amines) is 1. The lowest BCUT2D eigenvalue weighted by Crippen LogP contribution is -2.40. The van der Waals surface area contributed by atoms with Crippen LogP contribution in [0.1, 0.15) is 30.8 Å². The van der Waals surface area contributed by atoms with Gasteiger partial charge in [0.1, 0.15) is 0 Å². The molecular weight excluding hydrogens is 292 g/mol. The first-order valence-corrected chi connectivity index (χ1v) is 8.01. The van der Waals surface area contributed by atoms with Gasteiger partial charge in [-0.15, -0.1) is 0 Å². The van der Waals surface area contributed by atoms with E-state index in [1.165, 1.54) is 0 Å². The van der Waals surface area contributed by atoms with Gasteiger partial charge in [0.05, 0.1) is 11.6 Å². The highest BCUT2D eigenvalue weighted by molar-refractivity contribution is 6.05. The van der Waals surface area contributed by atoms with E-state index in [-0.39, 0.29) is 23.8 Å². The maximum absolute atomic E-state index is 12.9. The highest BCUT2D eigenvalue weighted by Crippen LogP contribution is 2.23. The van der Waals surface area contributed by atoms with Crippen LogP contribution in [0.15, 0.2) is 24.3 Å². The minimum atomic E-state index is -0.0677. The first-order valence-electron chi connectivity index (χ1n) is 8.01. The van der Waals surface area contributed by atoms with Gasteiger partial charge in [0.2, 0.25) is 5.91 Å². The molecular formula is C17H22N4O2. The van der Waals surface area contributed by atoms with E-state index in [1.54, 1.807) is 9.58 Å². The lowest BCUT2D eigenvalue weighted by atomic mass is 10.1. The second kappa shape index (κ2) is 6.02. The summed E-state index contributed by atoms with van der Waals surface area (Å²) >= 11 is 0. The van der Waals surface area contributed by atoms with Crippen LogP contribution < -0.4 is 5.32 Å². The van der Waals surface area contributed by atoms with Crippen LogP contribution in [0.5, 0.6) is 0 Å². The molecule has 1 aromatic carbocycles. The largest absolute Gasteiger partial charge is 0.351 e. The number of carbonyl (C=O) groups is 2. The number of amides is 2. The van der Waals surface area contributed by atoms with Gasteiger partial charge in [-0.05, 0) is 12.0 Å². The summed E-state index contributed by atoms with van der Waals surface area (Å²) in [5, 5.41) is 8.27. The number of benzene rings is 1. The van der Waals surface area contributed by atoms with Crippen LogP contribution in [-0.4, -0.2) is 45.6 Å². The third kappa shape index (κ3) is 2.81. The molecule has 1 saturated heterocycles. The summed E-state index contributed by atoms with van der Waals surface area (Å²) in [6.45, 7) is 5.07. The molecule has 2 heterocycles. The first-order chi connectivity index (χ1) is 11.0. The van der Waals surface area contributed by atoms with Crippen LogP contribution in [0.3, 0.4) is 0 Å². The Kier molecular flexibility index (Phi) is 4.07. The molecule has 1 aliphatic rings. The molecule has 1 aromatic heterocycles. The Labute approximate surface area is 135 Å². The number of para-hydroxylation sites is 1. The first kappa shape index (κ1) is 15.5. The Hall–Kier alpha value is -2.37. The van der Waals surface area contributed by atoms with Gasteiger partial charge in [-0.2, -0.15) is 5.10 Å².